The highest BCUT2D eigenvalue weighted by Crippen LogP contribution is 2.21. The van der Waals surface area contributed by atoms with Gasteiger partial charge >= 0.3 is 7.12 Å². The molecule has 0 saturated heterocycles. The quantitative estimate of drug-likeness (QED) is 0.0322. The molecule has 54 heavy (non-hydrogen) atoms. The second-order valence-electron chi connectivity index (χ2n) is 13.2. The highest BCUT2D eigenvalue weighted by molar-refractivity contribution is 6.43. The number of nitrogens with one attached hydrogen (secondary N) is 5. The first-order valence-corrected chi connectivity index (χ1v) is 18.4. The van der Waals surface area contributed by atoms with Crippen molar-refractivity contribution in [3.8, 4) is 11.1 Å². The fourth-order valence-corrected chi connectivity index (χ4v) is 5.39. The number of hydrogen-bond acceptors (Lipinski definition) is 12. The standard InChI is InChI=1S/C36H58BN9O8/c1-3-4-9-23-12-14-24(15-13-23)25-16-18-26(19-17-25)31(48)42-27(10-5-7-20-38)32(49)44-29(22(2)47)34(51)45-30(40)35(52)43-28(11-6-8-21-39)33(50)46-36(41)37(53)54/h12-19,22,27-30,36,47,53-54H,3-11,20-21,38-41H2,1-2H3,(H,42,48)(H,43,52)(H,44,49)(H,45,51)(H,46,50)/t22-,27+,28+,29+,30-,36-/m1/s1. The summed E-state index contributed by atoms with van der Waals surface area (Å²) in [6, 6.07) is 9.73. The molecule has 2 aromatic rings. The molecule has 16 N–H and O–H groups in total. The van der Waals surface area contributed by atoms with Crippen LogP contribution in [0.2, 0.25) is 0 Å². The highest BCUT2D eigenvalue weighted by Gasteiger charge is 2.33. The molecule has 0 bridgehead atoms. The first kappa shape index (κ1) is 45.7. The summed E-state index contributed by atoms with van der Waals surface area (Å²) in [4.78, 5) is 65.6. The molecule has 6 atom stereocenters. The van der Waals surface area contributed by atoms with E-state index in [-0.39, 0.29) is 12.8 Å². The molecular formula is C36H58BN9O8. The first-order valence-electron chi connectivity index (χ1n) is 18.4. The van der Waals surface area contributed by atoms with Crippen molar-refractivity contribution < 1.29 is 39.1 Å². The van der Waals surface area contributed by atoms with Gasteiger partial charge in [0, 0.05) is 5.56 Å². The average molecular weight is 756 g/mol. The van der Waals surface area contributed by atoms with E-state index >= 15 is 0 Å². The molecule has 0 heterocycles. The largest absolute Gasteiger partial charge is 0.490 e. The Bertz CT molecular complexity index is 1480. The van der Waals surface area contributed by atoms with Crippen LogP contribution >= 0.6 is 0 Å². The van der Waals surface area contributed by atoms with E-state index in [9.17, 15) is 39.1 Å². The van der Waals surface area contributed by atoms with E-state index in [1.54, 1.807) is 12.1 Å². The maximum Gasteiger partial charge on any atom is 0.490 e. The van der Waals surface area contributed by atoms with Crippen molar-refractivity contribution in [3.63, 3.8) is 0 Å². The van der Waals surface area contributed by atoms with Crippen LogP contribution in [-0.2, 0) is 25.6 Å². The van der Waals surface area contributed by atoms with Crippen molar-refractivity contribution in [3.05, 3.63) is 59.7 Å². The Labute approximate surface area is 316 Å². The summed E-state index contributed by atoms with van der Waals surface area (Å²) in [6.45, 7) is 4.07. The average Bonchev–Trinajstić information content (AvgIpc) is 3.15. The van der Waals surface area contributed by atoms with Gasteiger partial charge in [0.15, 0.2) is 6.17 Å². The monoisotopic (exact) mass is 755 g/mol. The zero-order valence-corrected chi connectivity index (χ0v) is 31.1. The Balaban J connectivity index is 2.11. The first-order chi connectivity index (χ1) is 25.7. The minimum Gasteiger partial charge on any atom is -0.425 e. The van der Waals surface area contributed by atoms with E-state index in [4.69, 9.17) is 22.9 Å². The van der Waals surface area contributed by atoms with Crippen molar-refractivity contribution >= 4 is 36.7 Å². The van der Waals surface area contributed by atoms with Crippen LogP contribution in [0.25, 0.3) is 11.1 Å². The maximum absolute atomic E-state index is 13.5. The smallest absolute Gasteiger partial charge is 0.425 e. The van der Waals surface area contributed by atoms with E-state index in [2.05, 4.69) is 45.6 Å². The number of carbonyl (C=O) groups excluding carboxylic acids is 5. The third-order valence-corrected chi connectivity index (χ3v) is 8.67. The molecule has 18 heteroatoms. The van der Waals surface area contributed by atoms with Crippen LogP contribution in [-0.4, -0.2) is 101 Å². The summed E-state index contributed by atoms with van der Waals surface area (Å²) >= 11 is 0. The van der Waals surface area contributed by atoms with E-state index in [1.807, 2.05) is 24.3 Å². The molecule has 0 spiro atoms. The number of benzene rings is 2. The highest BCUT2D eigenvalue weighted by atomic mass is 16.4. The molecule has 5 amide bonds. The Hall–Kier alpha value is -4.43. The second-order valence-corrected chi connectivity index (χ2v) is 13.2. The topological polar surface area (TPSA) is 310 Å². The van der Waals surface area contributed by atoms with Gasteiger partial charge in [-0.15, -0.1) is 0 Å². The van der Waals surface area contributed by atoms with Crippen LogP contribution in [0.4, 0.5) is 0 Å². The molecule has 298 valence electrons. The van der Waals surface area contributed by atoms with E-state index < -0.39 is 73.1 Å². The number of amides is 5. The van der Waals surface area contributed by atoms with Gasteiger partial charge in [-0.25, -0.2) is 0 Å². The number of hydrogen-bond donors (Lipinski definition) is 12. The Morgan fingerprint density at radius 2 is 1.19 bits per heavy atom. The summed E-state index contributed by atoms with van der Waals surface area (Å²) in [6.07, 6.45) is 2.28. The van der Waals surface area contributed by atoms with Gasteiger partial charge in [0.2, 0.25) is 17.7 Å². The lowest BCUT2D eigenvalue weighted by atomic mass is 9.86. The molecule has 2 aromatic carbocycles. The second kappa shape index (κ2) is 24.1. The van der Waals surface area contributed by atoms with Crippen LogP contribution < -0.4 is 49.5 Å². The summed E-state index contributed by atoms with van der Waals surface area (Å²) in [7, 11) is -2.06. The van der Waals surface area contributed by atoms with Crippen molar-refractivity contribution in [1.82, 2.24) is 26.6 Å². The molecule has 2 rings (SSSR count). The number of aryl methyl sites for hydroxylation is 1. The molecule has 0 aliphatic heterocycles. The fourth-order valence-electron chi connectivity index (χ4n) is 5.39. The van der Waals surface area contributed by atoms with Gasteiger partial charge < -0.3 is 64.7 Å². The zero-order chi connectivity index (χ0) is 40.2. The zero-order valence-electron chi connectivity index (χ0n) is 31.1. The van der Waals surface area contributed by atoms with Crippen LogP contribution in [0.5, 0.6) is 0 Å². The fraction of sp³-hybridized carbons (Fsp3) is 0.528. The van der Waals surface area contributed by atoms with E-state index in [0.717, 1.165) is 30.4 Å². The number of carbonyl (C=O) groups is 5. The van der Waals surface area contributed by atoms with Crippen molar-refractivity contribution in [1.29, 1.82) is 0 Å². The number of rotatable bonds is 24. The van der Waals surface area contributed by atoms with Gasteiger partial charge in [-0.3, -0.25) is 24.0 Å². The van der Waals surface area contributed by atoms with Gasteiger partial charge in [-0.2, -0.15) is 0 Å². The van der Waals surface area contributed by atoms with Crippen LogP contribution in [0.1, 0.15) is 81.1 Å². The van der Waals surface area contributed by atoms with Crippen LogP contribution in [0.3, 0.4) is 0 Å². The normalized spacial score (nSPS) is 14.4. The summed E-state index contributed by atoms with van der Waals surface area (Å²) in [5.74, 6) is -4.14. The Kier molecular flexibility index (Phi) is 20.4. The lowest BCUT2D eigenvalue weighted by molar-refractivity contribution is -0.135. The maximum atomic E-state index is 13.5. The van der Waals surface area contributed by atoms with Gasteiger partial charge in [-0.1, -0.05) is 49.7 Å². The molecule has 0 aliphatic rings. The molecule has 0 aliphatic carbocycles. The Morgan fingerprint density at radius 3 is 1.69 bits per heavy atom. The lowest BCUT2D eigenvalue weighted by Gasteiger charge is -2.26. The lowest BCUT2D eigenvalue weighted by Crippen LogP contribution is -2.63. The summed E-state index contributed by atoms with van der Waals surface area (Å²) in [5, 5.41) is 40.8. The molecule has 17 nitrogen and oxygen atoms in total. The van der Waals surface area contributed by atoms with Crippen LogP contribution in [0, 0.1) is 0 Å². The van der Waals surface area contributed by atoms with Gasteiger partial charge in [0.05, 0.1) is 6.10 Å². The van der Waals surface area contributed by atoms with Gasteiger partial charge in [0.25, 0.3) is 11.8 Å². The SMILES string of the molecule is CCCCc1ccc(-c2ccc(C(=O)N[C@@H](CCCCN)C(=O)N[C@H](C(=O)N[C@@H](N)C(=O)N[C@@H](CCCCN)C(=O)N[C@@H](N)B(O)O)[C@@H](C)O)cc2)cc1. The third-order valence-electron chi connectivity index (χ3n) is 8.67. The minimum absolute atomic E-state index is 0.0877. The third kappa shape index (κ3) is 15.5. The van der Waals surface area contributed by atoms with Gasteiger partial charge in [-0.05, 0) is 100 Å². The molecule has 0 radical (unpaired) electrons. The number of aliphatic hydroxyl groups excluding tert-OH is 1. The van der Waals surface area contributed by atoms with Crippen LogP contribution in [0.15, 0.2) is 48.5 Å². The molecule has 0 aromatic heterocycles. The van der Waals surface area contributed by atoms with Gasteiger partial charge in [0.1, 0.15) is 24.2 Å². The number of unbranched alkanes of at least 4 members (excludes halogenated alkanes) is 3. The predicted molar refractivity (Wildman–Crippen MR) is 206 cm³/mol. The summed E-state index contributed by atoms with van der Waals surface area (Å²) in [5.41, 5.74) is 26.0. The minimum atomic E-state index is -2.06. The molecular weight excluding hydrogens is 697 g/mol. The van der Waals surface area contributed by atoms with Crippen molar-refractivity contribution in [2.24, 2.45) is 22.9 Å². The molecule has 0 fully saturated rings. The molecule has 0 unspecified atom stereocenters. The van der Waals surface area contributed by atoms with Crippen molar-refractivity contribution in [2.75, 3.05) is 13.1 Å². The number of nitrogens with two attached hydrogens (primary N) is 4. The van der Waals surface area contributed by atoms with Crippen molar-refractivity contribution in [2.45, 2.75) is 108 Å². The summed E-state index contributed by atoms with van der Waals surface area (Å²) < 4.78 is 0. The predicted octanol–water partition coefficient (Wildman–Crippen LogP) is -1.78. The molecule has 0 saturated carbocycles. The van der Waals surface area contributed by atoms with E-state index in [0.29, 0.717) is 44.3 Å². The number of aliphatic hydroxyl groups is 1. The van der Waals surface area contributed by atoms with E-state index in [1.165, 1.54) is 12.5 Å². The Morgan fingerprint density at radius 1 is 0.667 bits per heavy atom.